The third kappa shape index (κ3) is 5.14. The molecular weight excluding hydrogens is 424 g/mol. The number of fused-ring (bicyclic) bond motifs is 1. The minimum atomic E-state index is -0.630. The minimum Gasteiger partial charge on any atom is -0.496 e. The summed E-state index contributed by atoms with van der Waals surface area (Å²) < 4.78 is 11.9. The molecule has 0 aliphatic carbocycles. The summed E-state index contributed by atoms with van der Waals surface area (Å²) in [6, 6.07) is 9.90. The fourth-order valence-corrected chi connectivity index (χ4v) is 3.53. The molecule has 174 valence electrons. The molecule has 0 saturated carbocycles. The van der Waals surface area contributed by atoms with Crippen LogP contribution in [0.15, 0.2) is 41.2 Å². The van der Waals surface area contributed by atoms with Crippen LogP contribution in [0.3, 0.4) is 0 Å². The van der Waals surface area contributed by atoms with Crippen LogP contribution in [0.25, 0.3) is 10.8 Å². The van der Waals surface area contributed by atoms with Gasteiger partial charge in [-0.15, -0.1) is 0 Å². The Hall–Kier alpha value is -3.88. The Morgan fingerprint density at radius 1 is 0.970 bits per heavy atom. The van der Waals surface area contributed by atoms with Crippen molar-refractivity contribution in [1.82, 2.24) is 20.6 Å². The summed E-state index contributed by atoms with van der Waals surface area (Å²) in [6.07, 6.45) is 2.72. The molecule has 0 bridgehead atoms. The first kappa shape index (κ1) is 23.8. The van der Waals surface area contributed by atoms with Crippen LogP contribution in [0.2, 0.25) is 0 Å². The fourth-order valence-electron chi connectivity index (χ4n) is 3.53. The Bertz CT molecular complexity index is 1210. The Labute approximate surface area is 191 Å². The van der Waals surface area contributed by atoms with Gasteiger partial charge in [-0.2, -0.15) is 5.10 Å². The number of benzene rings is 2. The molecular formula is C24H28N4O5. The molecule has 0 radical (unpaired) electrons. The van der Waals surface area contributed by atoms with Gasteiger partial charge in [-0.05, 0) is 31.5 Å². The van der Waals surface area contributed by atoms with Crippen molar-refractivity contribution in [3.8, 4) is 11.5 Å². The van der Waals surface area contributed by atoms with Crippen molar-refractivity contribution in [2.45, 2.75) is 39.7 Å². The normalized spacial score (nSPS) is 10.7. The molecule has 9 heteroatoms. The van der Waals surface area contributed by atoms with Crippen LogP contribution in [-0.4, -0.2) is 35.8 Å². The molecule has 2 aromatic carbocycles. The third-order valence-electron chi connectivity index (χ3n) is 5.36. The highest BCUT2D eigenvalue weighted by Crippen LogP contribution is 2.29. The molecule has 9 nitrogen and oxygen atoms in total. The smallest absolute Gasteiger partial charge is 0.290 e. The summed E-state index contributed by atoms with van der Waals surface area (Å²) in [5, 5.41) is 5.10. The van der Waals surface area contributed by atoms with Crippen molar-refractivity contribution >= 4 is 22.6 Å². The van der Waals surface area contributed by atoms with Gasteiger partial charge in [0.2, 0.25) is 0 Å². The van der Waals surface area contributed by atoms with Crippen LogP contribution in [0.5, 0.6) is 11.5 Å². The van der Waals surface area contributed by atoms with E-state index in [1.54, 1.807) is 36.4 Å². The number of hydrazine groups is 1. The standard InChI is InChI=1S/C24H28N4O5/c1-5-6-9-12-28-24(31)18-11-8-7-10-17(18)21(27-28)23(30)26-25-22(29)16-13-19(32-3)15(2)20(14-16)33-4/h7-8,10-11,13-14H,5-6,9,12H2,1-4H3,(H,25,29)(H,26,30). The van der Waals surface area contributed by atoms with Gasteiger partial charge in [-0.3, -0.25) is 25.2 Å². The fraction of sp³-hybridized carbons (Fsp3) is 0.333. The zero-order valence-electron chi connectivity index (χ0n) is 19.2. The first-order valence-corrected chi connectivity index (χ1v) is 10.7. The van der Waals surface area contributed by atoms with Gasteiger partial charge < -0.3 is 9.47 Å². The van der Waals surface area contributed by atoms with Gasteiger partial charge in [-0.25, -0.2) is 4.68 Å². The average Bonchev–Trinajstić information content (AvgIpc) is 2.84. The second-order valence-corrected chi connectivity index (χ2v) is 7.54. The van der Waals surface area contributed by atoms with E-state index < -0.39 is 11.8 Å². The topological polar surface area (TPSA) is 112 Å². The van der Waals surface area contributed by atoms with E-state index in [0.29, 0.717) is 28.8 Å². The van der Waals surface area contributed by atoms with Gasteiger partial charge in [0.25, 0.3) is 17.4 Å². The molecule has 0 unspecified atom stereocenters. The van der Waals surface area contributed by atoms with E-state index in [0.717, 1.165) is 24.8 Å². The van der Waals surface area contributed by atoms with Gasteiger partial charge in [0.15, 0.2) is 5.69 Å². The molecule has 0 fully saturated rings. The number of methoxy groups -OCH3 is 2. The molecule has 0 spiro atoms. The number of aryl methyl sites for hydroxylation is 1. The van der Waals surface area contributed by atoms with Crippen LogP contribution >= 0.6 is 0 Å². The van der Waals surface area contributed by atoms with Crippen LogP contribution in [0.1, 0.15) is 52.6 Å². The monoisotopic (exact) mass is 452 g/mol. The summed E-state index contributed by atoms with van der Waals surface area (Å²) >= 11 is 0. The number of rotatable bonds is 8. The van der Waals surface area contributed by atoms with E-state index in [9.17, 15) is 14.4 Å². The van der Waals surface area contributed by atoms with Gasteiger partial charge in [-0.1, -0.05) is 38.0 Å². The molecule has 33 heavy (non-hydrogen) atoms. The number of nitrogens with one attached hydrogen (secondary N) is 2. The van der Waals surface area contributed by atoms with Crippen LogP contribution in [-0.2, 0) is 6.54 Å². The number of nitrogens with zero attached hydrogens (tertiary/aromatic N) is 2. The number of amides is 2. The number of carbonyl (C=O) groups excluding carboxylic acids is 2. The molecule has 3 rings (SSSR count). The Morgan fingerprint density at radius 3 is 2.18 bits per heavy atom. The first-order valence-electron chi connectivity index (χ1n) is 10.7. The van der Waals surface area contributed by atoms with Gasteiger partial charge in [0.05, 0.1) is 19.6 Å². The SMILES string of the molecule is CCCCCn1nc(C(=O)NNC(=O)c2cc(OC)c(C)c(OC)c2)c2ccccc2c1=O. The van der Waals surface area contributed by atoms with Gasteiger partial charge in [0.1, 0.15) is 11.5 Å². The second-order valence-electron chi connectivity index (χ2n) is 7.54. The van der Waals surface area contributed by atoms with Crippen LogP contribution in [0, 0.1) is 6.92 Å². The quantitative estimate of drug-likeness (QED) is 0.401. The Morgan fingerprint density at radius 2 is 1.58 bits per heavy atom. The van der Waals surface area contributed by atoms with Crippen LogP contribution in [0.4, 0.5) is 0 Å². The maximum Gasteiger partial charge on any atom is 0.290 e. The second kappa shape index (κ2) is 10.6. The van der Waals surface area contributed by atoms with Crippen molar-refractivity contribution in [1.29, 1.82) is 0 Å². The number of carbonyl (C=O) groups is 2. The molecule has 2 N–H and O–H groups in total. The lowest BCUT2D eigenvalue weighted by molar-refractivity contribution is 0.0843. The van der Waals surface area contributed by atoms with Crippen molar-refractivity contribution < 1.29 is 19.1 Å². The van der Waals surface area contributed by atoms with E-state index in [2.05, 4.69) is 22.9 Å². The Balaban J connectivity index is 1.86. The maximum absolute atomic E-state index is 12.9. The van der Waals surface area contributed by atoms with Crippen LogP contribution < -0.4 is 25.9 Å². The van der Waals surface area contributed by atoms with Gasteiger partial charge >= 0.3 is 0 Å². The predicted octanol–water partition coefficient (Wildman–Crippen LogP) is 2.99. The maximum atomic E-state index is 12.9. The molecule has 0 aliphatic rings. The summed E-state index contributed by atoms with van der Waals surface area (Å²) in [5.74, 6) is -0.217. The lowest BCUT2D eigenvalue weighted by Crippen LogP contribution is -2.42. The van der Waals surface area contributed by atoms with Crippen molar-refractivity contribution in [3.63, 3.8) is 0 Å². The first-order chi connectivity index (χ1) is 15.9. The summed E-state index contributed by atoms with van der Waals surface area (Å²) in [5.41, 5.74) is 5.59. The zero-order valence-corrected chi connectivity index (χ0v) is 19.2. The molecule has 3 aromatic rings. The highest BCUT2D eigenvalue weighted by Gasteiger charge is 2.19. The summed E-state index contributed by atoms with van der Waals surface area (Å²) in [7, 11) is 2.99. The third-order valence-corrected chi connectivity index (χ3v) is 5.36. The highest BCUT2D eigenvalue weighted by atomic mass is 16.5. The van der Waals surface area contributed by atoms with Crippen molar-refractivity contribution in [2.24, 2.45) is 0 Å². The van der Waals surface area contributed by atoms with E-state index in [1.165, 1.54) is 18.9 Å². The van der Waals surface area contributed by atoms with E-state index in [1.807, 2.05) is 6.92 Å². The number of ether oxygens (including phenoxy) is 2. The number of aromatic nitrogens is 2. The lowest BCUT2D eigenvalue weighted by Gasteiger charge is -2.14. The van der Waals surface area contributed by atoms with E-state index in [4.69, 9.17) is 9.47 Å². The Kier molecular flexibility index (Phi) is 7.66. The van der Waals surface area contributed by atoms with Crippen molar-refractivity contribution in [3.05, 3.63) is 63.6 Å². The minimum absolute atomic E-state index is 0.0565. The molecule has 2 amide bonds. The molecule has 0 saturated heterocycles. The highest BCUT2D eigenvalue weighted by molar-refractivity contribution is 6.06. The number of unbranched alkanes of at least 4 members (excludes halogenated alkanes) is 2. The average molecular weight is 453 g/mol. The van der Waals surface area contributed by atoms with Gasteiger partial charge in [0, 0.05) is 23.1 Å². The zero-order chi connectivity index (χ0) is 24.0. The van der Waals surface area contributed by atoms with Crippen molar-refractivity contribution in [2.75, 3.05) is 14.2 Å². The number of hydrogen-bond donors (Lipinski definition) is 2. The molecule has 0 aliphatic heterocycles. The predicted molar refractivity (Wildman–Crippen MR) is 125 cm³/mol. The largest absolute Gasteiger partial charge is 0.496 e. The summed E-state index contributed by atoms with van der Waals surface area (Å²) in [6.45, 7) is 4.29. The van der Waals surface area contributed by atoms with E-state index in [-0.39, 0.29) is 16.8 Å². The molecule has 1 heterocycles. The molecule has 1 aromatic heterocycles. The lowest BCUT2D eigenvalue weighted by atomic mass is 10.1. The van der Waals surface area contributed by atoms with E-state index >= 15 is 0 Å². The molecule has 0 atom stereocenters. The number of hydrogen-bond acceptors (Lipinski definition) is 6. The summed E-state index contributed by atoms with van der Waals surface area (Å²) in [4.78, 5) is 38.4.